The van der Waals surface area contributed by atoms with Crippen LogP contribution >= 0.6 is 0 Å². The Bertz CT molecular complexity index is 704. The predicted molar refractivity (Wildman–Crippen MR) is 90.6 cm³/mol. The van der Waals surface area contributed by atoms with Crippen LogP contribution in [0.15, 0.2) is 53.4 Å². The summed E-state index contributed by atoms with van der Waals surface area (Å²) < 4.78 is 36.6. The molecule has 2 aromatic carbocycles. The molecule has 5 heteroatoms. The molecule has 0 spiro atoms. The van der Waals surface area contributed by atoms with Crippen LogP contribution in [-0.4, -0.2) is 13.0 Å². The average molecular weight is 334 g/mol. The number of benzene rings is 2. The van der Waals surface area contributed by atoms with E-state index < -0.39 is 10.1 Å². The van der Waals surface area contributed by atoms with Gasteiger partial charge in [-0.2, -0.15) is 8.42 Å². The van der Waals surface area contributed by atoms with Crippen LogP contribution in [-0.2, 0) is 16.5 Å². The first-order chi connectivity index (χ1) is 11.0. The summed E-state index contributed by atoms with van der Waals surface area (Å²) in [5, 5.41) is 0. The number of rotatable bonds is 8. The van der Waals surface area contributed by atoms with Crippen molar-refractivity contribution in [1.82, 2.24) is 0 Å². The highest BCUT2D eigenvalue weighted by Gasteiger charge is 2.08. The summed E-state index contributed by atoms with van der Waals surface area (Å²) in [6, 6.07) is 13.6. The minimum absolute atomic E-state index is 0.146. The molecular weight excluding hydrogens is 312 g/mol. The summed E-state index contributed by atoms with van der Waals surface area (Å²) in [6.45, 7) is 2.20. The lowest BCUT2D eigenvalue weighted by Gasteiger charge is -2.07. The fraction of sp³-hybridized carbons (Fsp3) is 0.333. The highest BCUT2D eigenvalue weighted by molar-refractivity contribution is 7.85. The molecule has 0 fully saturated rings. The maximum Gasteiger partial charge on any atom is 0.294 e. The molecule has 0 atom stereocenters. The lowest BCUT2D eigenvalue weighted by atomic mass is 10.1. The monoisotopic (exact) mass is 334 g/mol. The molecule has 0 unspecified atom stereocenters. The van der Waals surface area contributed by atoms with Crippen LogP contribution in [0.2, 0.25) is 0 Å². The van der Waals surface area contributed by atoms with Crippen molar-refractivity contribution in [3.8, 4) is 11.5 Å². The highest BCUT2D eigenvalue weighted by Crippen LogP contribution is 2.23. The van der Waals surface area contributed by atoms with E-state index in [9.17, 15) is 8.42 Å². The Balaban J connectivity index is 1.93. The van der Waals surface area contributed by atoms with E-state index in [0.717, 1.165) is 6.42 Å². The largest absolute Gasteiger partial charge is 0.457 e. The maximum absolute atomic E-state index is 11.0. The van der Waals surface area contributed by atoms with Crippen molar-refractivity contribution in [2.45, 2.75) is 43.9 Å². The third kappa shape index (κ3) is 5.69. The van der Waals surface area contributed by atoms with E-state index in [0.29, 0.717) is 11.5 Å². The van der Waals surface area contributed by atoms with Gasteiger partial charge in [0, 0.05) is 0 Å². The molecular formula is C18H22O4S. The van der Waals surface area contributed by atoms with Crippen LogP contribution in [0, 0.1) is 0 Å². The molecule has 0 aliphatic carbocycles. The van der Waals surface area contributed by atoms with E-state index in [1.54, 1.807) is 0 Å². The Morgan fingerprint density at radius 3 is 1.96 bits per heavy atom. The second-order valence-electron chi connectivity index (χ2n) is 5.50. The zero-order chi connectivity index (χ0) is 16.7. The van der Waals surface area contributed by atoms with Crippen LogP contribution in [0.25, 0.3) is 0 Å². The third-order valence-electron chi connectivity index (χ3n) is 3.60. The van der Waals surface area contributed by atoms with Gasteiger partial charge in [0.1, 0.15) is 11.5 Å². The van der Waals surface area contributed by atoms with E-state index in [1.807, 2.05) is 24.3 Å². The van der Waals surface area contributed by atoms with Gasteiger partial charge in [-0.1, -0.05) is 38.3 Å². The van der Waals surface area contributed by atoms with Crippen LogP contribution in [0.3, 0.4) is 0 Å². The number of hydrogen-bond acceptors (Lipinski definition) is 3. The van der Waals surface area contributed by atoms with Gasteiger partial charge in [-0.15, -0.1) is 0 Å². The van der Waals surface area contributed by atoms with Gasteiger partial charge in [-0.05, 0) is 54.8 Å². The first-order valence-corrected chi connectivity index (χ1v) is 9.27. The van der Waals surface area contributed by atoms with E-state index in [1.165, 1.54) is 55.5 Å². The molecule has 0 saturated carbocycles. The molecule has 0 bridgehead atoms. The molecule has 23 heavy (non-hydrogen) atoms. The maximum atomic E-state index is 11.0. The summed E-state index contributed by atoms with van der Waals surface area (Å²) in [6.07, 6.45) is 6.05. The van der Waals surface area contributed by atoms with E-state index in [2.05, 4.69) is 6.92 Å². The Labute approximate surface area is 137 Å². The molecule has 2 rings (SSSR count). The van der Waals surface area contributed by atoms with Gasteiger partial charge < -0.3 is 4.74 Å². The number of aryl methyl sites for hydroxylation is 1. The minimum atomic E-state index is -4.17. The molecule has 0 aromatic heterocycles. The predicted octanol–water partition coefficient (Wildman–Crippen LogP) is 4.85. The first kappa shape index (κ1) is 17.5. The van der Waals surface area contributed by atoms with Crippen LogP contribution in [0.1, 0.15) is 38.2 Å². The van der Waals surface area contributed by atoms with Gasteiger partial charge >= 0.3 is 0 Å². The van der Waals surface area contributed by atoms with Gasteiger partial charge in [0.05, 0.1) is 4.90 Å². The quantitative estimate of drug-likeness (QED) is 0.554. The van der Waals surface area contributed by atoms with Crippen molar-refractivity contribution in [3.05, 3.63) is 54.1 Å². The lowest BCUT2D eigenvalue weighted by Crippen LogP contribution is -1.97. The average Bonchev–Trinajstić information content (AvgIpc) is 2.53. The summed E-state index contributed by atoms with van der Waals surface area (Å²) >= 11 is 0. The summed E-state index contributed by atoms with van der Waals surface area (Å²) in [5.41, 5.74) is 1.29. The number of hydrogen-bond donors (Lipinski definition) is 1. The van der Waals surface area contributed by atoms with E-state index in [4.69, 9.17) is 9.29 Å². The molecule has 0 aliphatic rings. The molecule has 4 nitrogen and oxygen atoms in total. The van der Waals surface area contributed by atoms with Gasteiger partial charge in [-0.3, -0.25) is 4.55 Å². The second kappa shape index (κ2) is 8.13. The fourth-order valence-corrected chi connectivity index (χ4v) is 2.78. The molecule has 0 heterocycles. The minimum Gasteiger partial charge on any atom is -0.457 e. The number of ether oxygens (including phenoxy) is 1. The van der Waals surface area contributed by atoms with Crippen molar-refractivity contribution in [2.75, 3.05) is 0 Å². The van der Waals surface area contributed by atoms with Gasteiger partial charge in [0.15, 0.2) is 0 Å². The fourth-order valence-electron chi connectivity index (χ4n) is 2.30. The van der Waals surface area contributed by atoms with E-state index in [-0.39, 0.29) is 4.90 Å². The lowest BCUT2D eigenvalue weighted by molar-refractivity contribution is 0.478. The van der Waals surface area contributed by atoms with Crippen molar-refractivity contribution in [2.24, 2.45) is 0 Å². The van der Waals surface area contributed by atoms with Crippen LogP contribution in [0.4, 0.5) is 0 Å². The zero-order valence-corrected chi connectivity index (χ0v) is 14.1. The summed E-state index contributed by atoms with van der Waals surface area (Å²) in [4.78, 5) is -0.146. The second-order valence-corrected chi connectivity index (χ2v) is 6.92. The van der Waals surface area contributed by atoms with E-state index >= 15 is 0 Å². The first-order valence-electron chi connectivity index (χ1n) is 7.83. The van der Waals surface area contributed by atoms with Crippen molar-refractivity contribution >= 4 is 10.1 Å². The van der Waals surface area contributed by atoms with Gasteiger partial charge in [0.25, 0.3) is 10.1 Å². The Morgan fingerprint density at radius 2 is 1.43 bits per heavy atom. The van der Waals surface area contributed by atoms with Crippen molar-refractivity contribution in [3.63, 3.8) is 0 Å². The smallest absolute Gasteiger partial charge is 0.294 e. The molecule has 0 saturated heterocycles. The SMILES string of the molecule is CCCCCCc1ccc(Oc2ccc(S(=O)(=O)O)cc2)cc1. The standard InChI is InChI=1S/C18H22O4S/c1-2-3-4-5-6-15-7-9-16(10-8-15)22-17-11-13-18(14-12-17)23(19,20)21/h7-14H,2-6H2,1H3,(H,19,20,21). The van der Waals surface area contributed by atoms with Gasteiger partial charge in [-0.25, -0.2) is 0 Å². The Kier molecular flexibility index (Phi) is 6.19. The Morgan fingerprint density at radius 1 is 0.870 bits per heavy atom. The summed E-state index contributed by atoms with van der Waals surface area (Å²) in [7, 11) is -4.17. The Hall–Kier alpha value is -1.85. The zero-order valence-electron chi connectivity index (χ0n) is 13.2. The third-order valence-corrected chi connectivity index (χ3v) is 4.47. The van der Waals surface area contributed by atoms with Gasteiger partial charge in [0.2, 0.25) is 0 Å². The highest BCUT2D eigenvalue weighted by atomic mass is 32.2. The summed E-state index contributed by atoms with van der Waals surface area (Å²) in [5.74, 6) is 1.22. The topological polar surface area (TPSA) is 63.6 Å². The number of unbranched alkanes of at least 4 members (excludes halogenated alkanes) is 3. The molecule has 0 amide bonds. The van der Waals surface area contributed by atoms with Crippen LogP contribution < -0.4 is 4.74 Å². The van der Waals surface area contributed by atoms with Crippen LogP contribution in [0.5, 0.6) is 11.5 Å². The van der Waals surface area contributed by atoms with Crippen molar-refractivity contribution in [1.29, 1.82) is 0 Å². The molecule has 1 N–H and O–H groups in total. The normalized spacial score (nSPS) is 11.4. The molecule has 0 aliphatic heterocycles. The molecule has 124 valence electrons. The molecule has 2 aromatic rings. The van der Waals surface area contributed by atoms with Crippen molar-refractivity contribution < 1.29 is 17.7 Å². The molecule has 0 radical (unpaired) electrons.